The van der Waals surface area contributed by atoms with Crippen LogP contribution in [0, 0.1) is 0 Å². The molecule has 0 atom stereocenters. The maximum atomic E-state index is 12.6. The van der Waals surface area contributed by atoms with Gasteiger partial charge < -0.3 is 19.0 Å². The molecule has 0 spiro atoms. The molecule has 0 bridgehead atoms. The Kier molecular flexibility index (Phi) is 3.79. The van der Waals surface area contributed by atoms with Crippen molar-refractivity contribution < 1.29 is 14.1 Å². The fourth-order valence-electron chi connectivity index (χ4n) is 4.72. The summed E-state index contributed by atoms with van der Waals surface area (Å²) < 4.78 is 11.3. The molecule has 0 radical (unpaired) electrons. The third-order valence-electron chi connectivity index (χ3n) is 5.93. The predicted octanol–water partition coefficient (Wildman–Crippen LogP) is 0.907. The van der Waals surface area contributed by atoms with Crippen LogP contribution in [0.3, 0.4) is 0 Å². The lowest BCUT2D eigenvalue weighted by atomic mass is 9.90. The summed E-state index contributed by atoms with van der Waals surface area (Å²) >= 11 is 0. The van der Waals surface area contributed by atoms with Gasteiger partial charge in [-0.3, -0.25) is 0 Å². The quantitative estimate of drug-likeness (QED) is 0.825. The van der Waals surface area contributed by atoms with Gasteiger partial charge in [-0.2, -0.15) is 0 Å². The molecule has 2 aromatic rings. The number of nitrogens with zero attached hydrogens (tertiary/aromatic N) is 1. The summed E-state index contributed by atoms with van der Waals surface area (Å²) in [7, 11) is 0. The van der Waals surface area contributed by atoms with Crippen LogP contribution in [0.2, 0.25) is 0 Å². The van der Waals surface area contributed by atoms with Crippen molar-refractivity contribution in [1.29, 1.82) is 0 Å². The molecule has 132 valence electrons. The van der Waals surface area contributed by atoms with Crippen LogP contribution in [-0.4, -0.2) is 39.4 Å². The lowest BCUT2D eigenvalue weighted by Crippen LogP contribution is -3.13. The highest BCUT2D eigenvalue weighted by Crippen LogP contribution is 2.39. The van der Waals surface area contributed by atoms with Gasteiger partial charge in [-0.25, -0.2) is 4.79 Å². The molecule has 3 aliphatic rings. The molecule has 0 unspecified atom stereocenters. The summed E-state index contributed by atoms with van der Waals surface area (Å²) in [6, 6.07) is 4.36. The van der Waals surface area contributed by atoms with Crippen LogP contribution in [0.4, 0.5) is 5.69 Å². The number of nitrogens with one attached hydrogen (secondary N) is 1. The van der Waals surface area contributed by atoms with Gasteiger partial charge >= 0.3 is 5.63 Å². The van der Waals surface area contributed by atoms with E-state index in [-0.39, 0.29) is 5.63 Å². The second-order valence-electron chi connectivity index (χ2n) is 7.57. The lowest BCUT2D eigenvalue weighted by Gasteiger charge is -2.37. The molecule has 3 aliphatic heterocycles. The summed E-state index contributed by atoms with van der Waals surface area (Å²) in [5.41, 5.74) is 5.54. The van der Waals surface area contributed by atoms with Crippen LogP contribution in [-0.2, 0) is 24.1 Å². The molecule has 5 rings (SSSR count). The third kappa shape index (κ3) is 2.66. The fraction of sp³-hybridized carbons (Fsp3) is 0.550. The largest absolute Gasteiger partial charge is 0.422 e. The van der Waals surface area contributed by atoms with E-state index in [1.165, 1.54) is 28.1 Å². The van der Waals surface area contributed by atoms with Crippen LogP contribution in [0.1, 0.15) is 29.5 Å². The van der Waals surface area contributed by atoms with E-state index in [1.807, 2.05) is 0 Å². The molecule has 1 aromatic carbocycles. The van der Waals surface area contributed by atoms with E-state index in [9.17, 15) is 4.79 Å². The van der Waals surface area contributed by atoms with Crippen molar-refractivity contribution in [2.45, 2.75) is 32.2 Å². The predicted molar refractivity (Wildman–Crippen MR) is 96.6 cm³/mol. The van der Waals surface area contributed by atoms with Crippen molar-refractivity contribution in [1.82, 2.24) is 0 Å². The number of aryl methyl sites for hydroxylation is 2. The fourth-order valence-corrected chi connectivity index (χ4v) is 4.72. The van der Waals surface area contributed by atoms with Gasteiger partial charge in [-0.15, -0.1) is 0 Å². The summed E-state index contributed by atoms with van der Waals surface area (Å²) in [4.78, 5) is 16.5. The van der Waals surface area contributed by atoms with E-state index in [4.69, 9.17) is 9.15 Å². The Balaban J connectivity index is 1.60. The Morgan fingerprint density at radius 2 is 1.88 bits per heavy atom. The number of morpholine rings is 1. The Bertz CT molecular complexity index is 865. The molecular formula is C20H25N2O3+. The van der Waals surface area contributed by atoms with Gasteiger partial charge in [0.2, 0.25) is 0 Å². The molecule has 0 saturated carbocycles. The Hall–Kier alpha value is -1.85. The van der Waals surface area contributed by atoms with Gasteiger partial charge in [0.1, 0.15) is 25.2 Å². The highest BCUT2D eigenvalue weighted by atomic mass is 16.5. The van der Waals surface area contributed by atoms with E-state index in [1.54, 1.807) is 0 Å². The second-order valence-corrected chi connectivity index (χ2v) is 7.57. The van der Waals surface area contributed by atoms with E-state index < -0.39 is 0 Å². The maximum absolute atomic E-state index is 12.6. The molecule has 5 heteroatoms. The number of fused-ring (bicyclic) bond motifs is 2. The SMILES string of the molecule is O=c1oc2c3c4c(cc2cc1C[NH+]1CCOCC1)CCCN4CCC3. The highest BCUT2D eigenvalue weighted by molar-refractivity contribution is 5.88. The number of anilines is 1. The first kappa shape index (κ1) is 15.4. The number of hydrogen-bond donors (Lipinski definition) is 1. The topological polar surface area (TPSA) is 47.1 Å². The Morgan fingerprint density at radius 1 is 1.08 bits per heavy atom. The van der Waals surface area contributed by atoms with Crippen molar-refractivity contribution in [2.75, 3.05) is 44.3 Å². The Labute approximate surface area is 147 Å². The molecule has 1 saturated heterocycles. The molecule has 0 amide bonds. The molecule has 1 aromatic heterocycles. The first-order valence-corrected chi connectivity index (χ1v) is 9.57. The van der Waals surface area contributed by atoms with Crippen molar-refractivity contribution in [3.8, 4) is 0 Å². The maximum Gasteiger partial charge on any atom is 0.345 e. The average Bonchev–Trinajstić information content (AvgIpc) is 2.64. The minimum Gasteiger partial charge on any atom is -0.422 e. The van der Waals surface area contributed by atoms with E-state index >= 15 is 0 Å². The van der Waals surface area contributed by atoms with Crippen molar-refractivity contribution in [3.05, 3.63) is 39.2 Å². The molecule has 4 heterocycles. The molecule has 25 heavy (non-hydrogen) atoms. The number of rotatable bonds is 2. The number of quaternary nitrogens is 1. The van der Waals surface area contributed by atoms with Crippen LogP contribution in [0.25, 0.3) is 11.0 Å². The number of benzene rings is 1. The summed E-state index contributed by atoms with van der Waals surface area (Å²) in [6.45, 7) is 6.48. The minimum absolute atomic E-state index is 0.157. The molecule has 5 nitrogen and oxygen atoms in total. The normalized spacial score (nSPS) is 20.7. The van der Waals surface area contributed by atoms with Crippen molar-refractivity contribution >= 4 is 16.7 Å². The van der Waals surface area contributed by atoms with Gasteiger partial charge in [-0.1, -0.05) is 0 Å². The van der Waals surface area contributed by atoms with Crippen LogP contribution in [0.5, 0.6) is 0 Å². The van der Waals surface area contributed by atoms with Crippen molar-refractivity contribution in [3.63, 3.8) is 0 Å². The van der Waals surface area contributed by atoms with Gasteiger partial charge in [0.25, 0.3) is 0 Å². The van der Waals surface area contributed by atoms with Crippen LogP contribution >= 0.6 is 0 Å². The number of hydrogen-bond acceptors (Lipinski definition) is 4. The Morgan fingerprint density at radius 3 is 2.72 bits per heavy atom. The van der Waals surface area contributed by atoms with E-state index in [0.29, 0.717) is 0 Å². The zero-order chi connectivity index (χ0) is 16.8. The minimum atomic E-state index is -0.157. The molecule has 0 aliphatic carbocycles. The van der Waals surface area contributed by atoms with Gasteiger partial charge in [-0.05, 0) is 43.4 Å². The summed E-state index contributed by atoms with van der Waals surface area (Å²) in [5, 5.41) is 1.11. The third-order valence-corrected chi connectivity index (χ3v) is 5.93. The van der Waals surface area contributed by atoms with Gasteiger partial charge in [0.05, 0.1) is 18.8 Å². The monoisotopic (exact) mass is 341 g/mol. The molecule has 1 N–H and O–H groups in total. The molecular weight excluding hydrogens is 316 g/mol. The zero-order valence-electron chi connectivity index (χ0n) is 14.6. The molecule has 1 fully saturated rings. The van der Waals surface area contributed by atoms with E-state index in [0.717, 1.165) is 81.7 Å². The lowest BCUT2D eigenvalue weighted by molar-refractivity contribution is -0.921. The first-order valence-electron chi connectivity index (χ1n) is 9.57. The zero-order valence-corrected chi connectivity index (χ0v) is 14.6. The van der Waals surface area contributed by atoms with Gasteiger partial charge in [0, 0.05) is 29.7 Å². The number of ether oxygens (including phenoxy) is 1. The van der Waals surface area contributed by atoms with Crippen LogP contribution < -0.4 is 15.4 Å². The second kappa shape index (κ2) is 6.15. The highest BCUT2D eigenvalue weighted by Gasteiger charge is 2.27. The van der Waals surface area contributed by atoms with Crippen molar-refractivity contribution in [2.24, 2.45) is 0 Å². The summed E-state index contributed by atoms with van der Waals surface area (Å²) in [6.07, 6.45) is 4.53. The first-order chi connectivity index (χ1) is 12.3. The van der Waals surface area contributed by atoms with E-state index in [2.05, 4.69) is 17.0 Å². The summed E-state index contributed by atoms with van der Waals surface area (Å²) in [5.74, 6) is 0. The standard InChI is InChI=1S/C20H24N2O3/c23-20-16(13-21-7-9-24-10-8-21)12-15-11-14-3-1-5-22-6-2-4-17(18(14)22)19(15)25-20/h11-12H,1-10,13H2/p+1. The van der Waals surface area contributed by atoms with Gasteiger partial charge in [0.15, 0.2) is 0 Å². The van der Waals surface area contributed by atoms with Crippen LogP contribution in [0.15, 0.2) is 21.3 Å². The average molecular weight is 341 g/mol. The smallest absolute Gasteiger partial charge is 0.345 e.